The Morgan fingerprint density at radius 1 is 1.00 bits per heavy atom. The quantitative estimate of drug-likeness (QED) is 0.263. The Balaban J connectivity index is -0.0000000369. The molecule has 0 heterocycles. The van der Waals surface area contributed by atoms with Crippen LogP contribution in [-0.4, -0.2) is 71.0 Å². The van der Waals surface area contributed by atoms with E-state index >= 15 is 0 Å². The summed E-state index contributed by atoms with van der Waals surface area (Å²) in [7, 11) is 0. The molecule has 2 N–H and O–H groups in total. The summed E-state index contributed by atoms with van der Waals surface area (Å²) in [5, 5.41) is 38.8. The van der Waals surface area contributed by atoms with Gasteiger partial charge in [0.05, 0.1) is 0 Å². The molecule has 0 aliphatic carbocycles. The number of rotatable bonds is 0. The molecular weight excluding hydrogens is 270 g/mol. The molecule has 10 nitrogen and oxygen atoms in total. The Bertz CT molecular complexity index is 166. The van der Waals surface area contributed by atoms with Crippen molar-refractivity contribution in [2.75, 3.05) is 0 Å². The predicted octanol–water partition coefficient (Wildman–Crippen LogP) is -3.13. The van der Waals surface area contributed by atoms with Gasteiger partial charge in [-0.25, -0.2) is 0 Å². The van der Waals surface area contributed by atoms with Gasteiger partial charge in [0.1, 0.15) is 0 Å². The first-order valence-corrected chi connectivity index (χ1v) is 3.31. The van der Waals surface area contributed by atoms with E-state index in [2.05, 4.69) is 0 Å². The Morgan fingerprint density at radius 3 is 1.00 bits per heavy atom. The monoisotopic (exact) mass is 281 g/mol. The van der Waals surface area contributed by atoms with E-state index in [1.54, 1.807) is 0 Å². The number of carbonyl (C=O) groups is 3. The predicted molar refractivity (Wildman–Crippen MR) is 49.2 cm³/mol. The summed E-state index contributed by atoms with van der Waals surface area (Å²) >= 11 is 0. The fourth-order valence-electron chi connectivity index (χ4n) is 0. The molecule has 0 saturated carbocycles. The molecule has 0 unspecified atom stereocenters. The topological polar surface area (TPSA) is 181 Å². The summed E-state index contributed by atoms with van der Waals surface area (Å²) in [5.74, 6) is -3.00. The van der Waals surface area contributed by atoms with Gasteiger partial charge in [-0.05, 0) is 13.8 Å². The number of nitrogens with zero attached hydrogens (tertiary/aromatic N) is 1. The molecular formula is C6H11CaNO9. The molecule has 17 heavy (non-hydrogen) atoms. The van der Waals surface area contributed by atoms with Crippen molar-refractivity contribution in [3.63, 3.8) is 0 Å². The second-order valence-corrected chi connectivity index (χ2v) is 1.74. The molecule has 0 amide bonds. The molecule has 0 aromatic rings. The van der Waals surface area contributed by atoms with Gasteiger partial charge in [0.15, 0.2) is 0 Å². The minimum absolute atomic E-state index is 0. The van der Waals surface area contributed by atoms with Crippen molar-refractivity contribution in [2.45, 2.75) is 20.8 Å². The van der Waals surface area contributed by atoms with Crippen LogP contribution in [0, 0.1) is 10.1 Å². The normalized spacial score (nSPS) is 5.82. The molecule has 0 aliphatic heterocycles. The maximum absolute atomic E-state index is 9.00. The minimum atomic E-state index is -1.50. The van der Waals surface area contributed by atoms with Gasteiger partial charge in [-0.2, -0.15) is 0 Å². The molecule has 11 heteroatoms. The van der Waals surface area contributed by atoms with E-state index in [1.165, 1.54) is 0 Å². The van der Waals surface area contributed by atoms with Gasteiger partial charge >= 0.3 is 37.7 Å². The molecule has 0 bridgehead atoms. The van der Waals surface area contributed by atoms with Crippen LogP contribution in [-0.2, 0) is 14.4 Å². The fraction of sp³-hybridized carbons (Fsp3) is 0.500. The van der Waals surface area contributed by atoms with Gasteiger partial charge in [-0.1, -0.05) is 0 Å². The zero-order chi connectivity index (χ0) is 14.3. The molecule has 0 aromatic heterocycles. The SMILES string of the molecule is CC(=O)O.CC(=O)[O-].CC(=O)[O-].O=[N+]([O-])O.[Ca+2]. The average molecular weight is 281 g/mol. The third-order valence-electron chi connectivity index (χ3n) is 0. The third kappa shape index (κ3) is 1930. The van der Waals surface area contributed by atoms with E-state index in [1.807, 2.05) is 0 Å². The molecule has 0 spiro atoms. The van der Waals surface area contributed by atoms with Crippen molar-refractivity contribution < 1.29 is 40.0 Å². The fourth-order valence-corrected chi connectivity index (χ4v) is 0. The van der Waals surface area contributed by atoms with Crippen LogP contribution in [0.3, 0.4) is 0 Å². The Labute approximate surface area is 126 Å². The minimum Gasteiger partial charge on any atom is -0.550 e. The van der Waals surface area contributed by atoms with E-state index in [9.17, 15) is 0 Å². The molecule has 0 aliphatic rings. The maximum atomic E-state index is 9.00. The van der Waals surface area contributed by atoms with Crippen molar-refractivity contribution in [2.24, 2.45) is 0 Å². The van der Waals surface area contributed by atoms with Crippen LogP contribution in [0.4, 0.5) is 0 Å². The summed E-state index contributed by atoms with van der Waals surface area (Å²) in [5.41, 5.74) is 0. The molecule has 0 atom stereocenters. The summed E-state index contributed by atoms with van der Waals surface area (Å²) in [6.07, 6.45) is 0. The maximum Gasteiger partial charge on any atom is 2.00 e. The number of hydrogen-bond acceptors (Lipinski definition) is 7. The Kier molecular flexibility index (Phi) is 42.3. The van der Waals surface area contributed by atoms with E-state index in [-0.39, 0.29) is 37.7 Å². The summed E-state index contributed by atoms with van der Waals surface area (Å²) in [6.45, 7) is 3.03. The molecule has 96 valence electrons. The molecule has 0 fully saturated rings. The smallest absolute Gasteiger partial charge is 0.550 e. The van der Waals surface area contributed by atoms with Crippen molar-refractivity contribution in [3.8, 4) is 0 Å². The van der Waals surface area contributed by atoms with E-state index in [0.29, 0.717) is 0 Å². The Morgan fingerprint density at radius 2 is 1.00 bits per heavy atom. The number of carbonyl (C=O) groups excluding carboxylic acids is 2. The van der Waals surface area contributed by atoms with Crippen LogP contribution >= 0.6 is 0 Å². The third-order valence-corrected chi connectivity index (χ3v) is 0. The van der Waals surface area contributed by atoms with Crippen LogP contribution in [0.15, 0.2) is 0 Å². The second-order valence-electron chi connectivity index (χ2n) is 1.74. The number of carboxylic acids is 3. The zero-order valence-corrected chi connectivity index (χ0v) is 11.6. The van der Waals surface area contributed by atoms with Crippen LogP contribution < -0.4 is 10.2 Å². The van der Waals surface area contributed by atoms with E-state index < -0.39 is 23.0 Å². The molecule has 0 aromatic carbocycles. The molecule has 0 saturated heterocycles. The van der Waals surface area contributed by atoms with Gasteiger partial charge in [0.2, 0.25) is 0 Å². The second kappa shape index (κ2) is 24.2. The van der Waals surface area contributed by atoms with E-state index in [4.69, 9.17) is 45.0 Å². The van der Waals surface area contributed by atoms with Gasteiger partial charge in [0.25, 0.3) is 11.1 Å². The van der Waals surface area contributed by atoms with Gasteiger partial charge in [-0.15, -0.1) is 10.1 Å². The van der Waals surface area contributed by atoms with Crippen molar-refractivity contribution in [3.05, 3.63) is 10.1 Å². The number of carboxylic acid groups (broad SMARTS) is 3. The first-order chi connectivity index (χ1) is 6.93. The summed E-state index contributed by atoms with van der Waals surface area (Å²) in [6, 6.07) is 0. The first kappa shape index (κ1) is 29.7. The standard InChI is InChI=1S/3C2H4O2.Ca.HNO3/c3*1-2(3)4;;2-1(3)4/h3*1H3,(H,3,4);;(H,2,3,4)/q;;;+2;/p-2. The number of hydrogen-bond donors (Lipinski definition) is 2. The van der Waals surface area contributed by atoms with Crippen LogP contribution in [0.1, 0.15) is 20.8 Å². The molecule has 0 rings (SSSR count). The summed E-state index contributed by atoms with van der Waals surface area (Å²) < 4.78 is 0. The van der Waals surface area contributed by atoms with Gasteiger partial charge in [0, 0.05) is 18.9 Å². The van der Waals surface area contributed by atoms with Crippen molar-refractivity contribution in [1.82, 2.24) is 0 Å². The Hall–Kier alpha value is -1.13. The molecule has 0 radical (unpaired) electrons. The largest absolute Gasteiger partial charge is 2.00 e. The van der Waals surface area contributed by atoms with Crippen LogP contribution in [0.2, 0.25) is 0 Å². The average Bonchev–Trinajstić information content (AvgIpc) is 1.76. The summed E-state index contributed by atoms with van der Waals surface area (Å²) in [4.78, 5) is 35.1. The van der Waals surface area contributed by atoms with Crippen LogP contribution in [0.5, 0.6) is 0 Å². The van der Waals surface area contributed by atoms with Crippen LogP contribution in [0.25, 0.3) is 0 Å². The number of aliphatic carboxylic acids is 3. The van der Waals surface area contributed by atoms with Crippen molar-refractivity contribution in [1.29, 1.82) is 0 Å². The zero-order valence-electron chi connectivity index (χ0n) is 9.41. The van der Waals surface area contributed by atoms with Crippen molar-refractivity contribution >= 4 is 55.6 Å². The first-order valence-electron chi connectivity index (χ1n) is 3.31. The van der Waals surface area contributed by atoms with Gasteiger partial charge < -0.3 is 30.1 Å². The van der Waals surface area contributed by atoms with Gasteiger partial charge in [-0.3, -0.25) is 4.79 Å². The van der Waals surface area contributed by atoms with E-state index in [0.717, 1.165) is 20.8 Å².